The van der Waals surface area contributed by atoms with E-state index in [2.05, 4.69) is 53.6 Å². The van der Waals surface area contributed by atoms with Crippen molar-refractivity contribution < 1.29 is 0 Å². The minimum Gasteiger partial charge on any atom is -0.195 e. The molecule has 0 saturated heterocycles. The van der Waals surface area contributed by atoms with Crippen LogP contribution in [0.15, 0.2) is 41.4 Å². The fourth-order valence-electron chi connectivity index (χ4n) is 2.79. The summed E-state index contributed by atoms with van der Waals surface area (Å²) in [6.07, 6.45) is 9.76. The molecule has 1 fully saturated rings. The van der Waals surface area contributed by atoms with Crippen LogP contribution in [0.25, 0.3) is 0 Å². The van der Waals surface area contributed by atoms with Crippen LogP contribution in [-0.4, -0.2) is 5.16 Å². The highest BCUT2D eigenvalue weighted by Crippen LogP contribution is 2.36. The van der Waals surface area contributed by atoms with Gasteiger partial charge in [-0.25, -0.2) is 0 Å². The minimum atomic E-state index is 0.719. The summed E-state index contributed by atoms with van der Waals surface area (Å²) in [6, 6.07) is 8.44. The lowest BCUT2D eigenvalue weighted by Gasteiger charge is -2.27. The quantitative estimate of drug-likeness (QED) is 0.408. The monoisotopic (exact) mass is 257 g/mol. The first-order valence-corrected chi connectivity index (χ1v) is 7.05. The first-order chi connectivity index (χ1) is 8.83. The molecule has 1 aromatic rings. The Morgan fingerprint density at radius 1 is 1.17 bits per heavy atom. The molecular weight excluding hydrogens is 238 g/mol. The smallest absolute Gasteiger partial charge is 0.0739 e. The average Bonchev–Trinajstić information content (AvgIpc) is 2.41. The van der Waals surface area contributed by atoms with Gasteiger partial charge in [-0.1, -0.05) is 24.3 Å². The summed E-state index contributed by atoms with van der Waals surface area (Å²) < 4.78 is 0. The van der Waals surface area contributed by atoms with Gasteiger partial charge in [-0.15, -0.1) is 0 Å². The summed E-state index contributed by atoms with van der Waals surface area (Å²) >= 11 is 4.61. The van der Waals surface area contributed by atoms with Crippen molar-refractivity contribution in [3.63, 3.8) is 0 Å². The van der Waals surface area contributed by atoms with Crippen molar-refractivity contribution in [2.45, 2.75) is 38.5 Å². The van der Waals surface area contributed by atoms with E-state index in [4.69, 9.17) is 0 Å². The summed E-state index contributed by atoms with van der Waals surface area (Å²) in [7, 11) is 0. The van der Waals surface area contributed by atoms with Gasteiger partial charge in [0.05, 0.1) is 10.8 Å². The molecule has 0 aliphatic heterocycles. The summed E-state index contributed by atoms with van der Waals surface area (Å²) in [4.78, 5) is 3.98. The number of hydrogen-bond acceptors (Lipinski definition) is 2. The van der Waals surface area contributed by atoms with Crippen LogP contribution in [-0.2, 0) is 0 Å². The average molecular weight is 257 g/mol. The van der Waals surface area contributed by atoms with Gasteiger partial charge in [0.25, 0.3) is 0 Å². The molecule has 1 aliphatic carbocycles. The third-order valence-corrected chi connectivity index (χ3v) is 3.87. The van der Waals surface area contributed by atoms with Gasteiger partial charge in [0.15, 0.2) is 0 Å². The second kappa shape index (κ2) is 6.63. The minimum absolute atomic E-state index is 0.719. The van der Waals surface area contributed by atoms with Gasteiger partial charge in [-0.05, 0) is 74.4 Å². The van der Waals surface area contributed by atoms with Crippen LogP contribution in [0.5, 0.6) is 0 Å². The fourth-order valence-corrected chi connectivity index (χ4v) is 2.90. The van der Waals surface area contributed by atoms with Gasteiger partial charge in [-0.2, -0.15) is 4.99 Å². The second-order valence-electron chi connectivity index (χ2n) is 4.93. The maximum atomic E-state index is 4.61. The van der Waals surface area contributed by atoms with Crippen molar-refractivity contribution in [2.75, 3.05) is 0 Å². The van der Waals surface area contributed by atoms with Crippen LogP contribution in [0.3, 0.4) is 0 Å². The molecule has 0 heterocycles. The third-order valence-electron chi connectivity index (χ3n) is 3.78. The zero-order chi connectivity index (χ0) is 12.8. The number of isothiocyanates is 1. The molecule has 1 aromatic carbocycles. The summed E-state index contributed by atoms with van der Waals surface area (Å²) in [5.41, 5.74) is 2.34. The molecule has 0 N–H and O–H groups in total. The Hall–Kier alpha value is -1.24. The fraction of sp³-hybridized carbons (Fsp3) is 0.438. The van der Waals surface area contributed by atoms with Crippen LogP contribution in [0, 0.1) is 5.92 Å². The molecule has 0 radical (unpaired) electrons. The van der Waals surface area contributed by atoms with Gasteiger partial charge < -0.3 is 0 Å². The first-order valence-electron chi connectivity index (χ1n) is 6.64. The standard InChI is InChI=1S/C16H19NS/c1-2-3-13-4-6-14(7-5-13)15-8-10-16(11-9-15)17-12-18/h2-3,8-11,13-14H,4-7H2,1H3. The Bertz CT molecular complexity index is 446. The lowest BCUT2D eigenvalue weighted by Crippen LogP contribution is -2.11. The Balaban J connectivity index is 1.99. The Morgan fingerprint density at radius 2 is 1.83 bits per heavy atom. The predicted molar refractivity (Wildman–Crippen MR) is 80.6 cm³/mol. The zero-order valence-corrected chi connectivity index (χ0v) is 11.6. The summed E-state index contributed by atoms with van der Waals surface area (Å²) in [5.74, 6) is 1.52. The second-order valence-corrected chi connectivity index (χ2v) is 5.11. The molecule has 0 atom stereocenters. The molecule has 1 nitrogen and oxygen atoms in total. The molecule has 1 saturated carbocycles. The van der Waals surface area contributed by atoms with Crippen LogP contribution >= 0.6 is 12.2 Å². The molecule has 1 aliphatic rings. The Morgan fingerprint density at radius 3 is 2.39 bits per heavy atom. The summed E-state index contributed by atoms with van der Waals surface area (Å²) in [6.45, 7) is 2.11. The third kappa shape index (κ3) is 3.38. The van der Waals surface area contributed by atoms with E-state index in [1.165, 1.54) is 31.2 Å². The molecule has 0 spiro atoms. The Labute approximate surface area is 115 Å². The molecule has 0 aromatic heterocycles. The van der Waals surface area contributed by atoms with Gasteiger partial charge in [0.1, 0.15) is 0 Å². The maximum Gasteiger partial charge on any atom is 0.0739 e. The highest BCUT2D eigenvalue weighted by Gasteiger charge is 2.20. The highest BCUT2D eigenvalue weighted by atomic mass is 32.1. The van der Waals surface area contributed by atoms with Gasteiger partial charge >= 0.3 is 0 Å². The lowest BCUT2D eigenvalue weighted by molar-refractivity contribution is 0.376. The molecule has 0 unspecified atom stereocenters. The largest absolute Gasteiger partial charge is 0.195 e. The molecule has 2 heteroatoms. The maximum absolute atomic E-state index is 4.61. The van der Waals surface area contributed by atoms with E-state index in [0.717, 1.165) is 17.5 Å². The topological polar surface area (TPSA) is 12.4 Å². The van der Waals surface area contributed by atoms with E-state index in [-0.39, 0.29) is 0 Å². The lowest BCUT2D eigenvalue weighted by atomic mass is 9.78. The van der Waals surface area contributed by atoms with E-state index >= 15 is 0 Å². The highest BCUT2D eigenvalue weighted by molar-refractivity contribution is 7.78. The Kier molecular flexibility index (Phi) is 4.86. The number of benzene rings is 1. The van der Waals surface area contributed by atoms with Crippen LogP contribution in [0.4, 0.5) is 5.69 Å². The van der Waals surface area contributed by atoms with Crippen molar-refractivity contribution >= 4 is 23.1 Å². The van der Waals surface area contributed by atoms with E-state index in [0.29, 0.717) is 0 Å². The molecule has 18 heavy (non-hydrogen) atoms. The van der Waals surface area contributed by atoms with Crippen molar-refractivity contribution in [1.82, 2.24) is 0 Å². The van der Waals surface area contributed by atoms with Crippen LogP contribution in [0.2, 0.25) is 0 Å². The van der Waals surface area contributed by atoms with Crippen molar-refractivity contribution in [2.24, 2.45) is 10.9 Å². The van der Waals surface area contributed by atoms with Crippen molar-refractivity contribution in [3.8, 4) is 0 Å². The molecule has 0 bridgehead atoms. The van der Waals surface area contributed by atoms with E-state index < -0.39 is 0 Å². The van der Waals surface area contributed by atoms with Crippen LogP contribution in [0.1, 0.15) is 44.1 Å². The predicted octanol–water partition coefficient (Wildman–Crippen LogP) is 5.27. The van der Waals surface area contributed by atoms with Gasteiger partial charge in [0.2, 0.25) is 0 Å². The number of nitrogens with zero attached hydrogens (tertiary/aromatic N) is 1. The number of allylic oxidation sites excluding steroid dienone is 2. The van der Waals surface area contributed by atoms with Crippen molar-refractivity contribution in [1.29, 1.82) is 0 Å². The SMILES string of the molecule is CC=CC1CCC(c2ccc(N=C=S)cc2)CC1. The molecule has 94 valence electrons. The van der Waals surface area contributed by atoms with Gasteiger partial charge in [0, 0.05) is 0 Å². The zero-order valence-electron chi connectivity index (χ0n) is 10.8. The number of hydrogen-bond donors (Lipinski definition) is 0. The number of aliphatic imine (C=N–C) groups is 1. The molecular formula is C16H19NS. The first kappa shape index (κ1) is 13.2. The normalized spacial score (nSPS) is 23.8. The number of thiocarbonyl (C=S) groups is 1. The van der Waals surface area contributed by atoms with E-state index in [9.17, 15) is 0 Å². The van der Waals surface area contributed by atoms with Crippen LogP contribution < -0.4 is 0 Å². The molecule has 2 rings (SSSR count). The molecule has 0 amide bonds. The van der Waals surface area contributed by atoms with Gasteiger partial charge in [-0.3, -0.25) is 0 Å². The number of rotatable bonds is 3. The van der Waals surface area contributed by atoms with Crippen molar-refractivity contribution in [3.05, 3.63) is 42.0 Å². The summed E-state index contributed by atoms with van der Waals surface area (Å²) in [5, 5.41) is 2.40. The van der Waals surface area contributed by atoms with E-state index in [1.54, 1.807) is 0 Å². The van der Waals surface area contributed by atoms with E-state index in [1.807, 2.05) is 12.1 Å².